The van der Waals surface area contributed by atoms with E-state index in [1.54, 1.807) is 0 Å². The van der Waals surface area contributed by atoms with Gasteiger partial charge in [0.05, 0.1) is 6.42 Å². The third-order valence-electron chi connectivity index (χ3n) is 3.82. The van der Waals surface area contributed by atoms with Gasteiger partial charge in [-0.2, -0.15) is 0 Å². The Labute approximate surface area is 138 Å². The molecule has 2 aromatic rings. The van der Waals surface area contributed by atoms with Crippen LogP contribution in [0, 0.1) is 24.4 Å². The lowest BCUT2D eigenvalue weighted by Gasteiger charge is -2.18. The molecule has 0 saturated carbocycles. The van der Waals surface area contributed by atoms with Gasteiger partial charge in [0.2, 0.25) is 0 Å². The van der Waals surface area contributed by atoms with Crippen molar-refractivity contribution in [1.29, 1.82) is 0 Å². The van der Waals surface area contributed by atoms with Crippen LogP contribution in [0.15, 0.2) is 36.4 Å². The van der Waals surface area contributed by atoms with Gasteiger partial charge in [0.1, 0.15) is 5.82 Å². The molecule has 3 nitrogen and oxygen atoms in total. The van der Waals surface area contributed by atoms with E-state index in [9.17, 15) is 18.0 Å². The van der Waals surface area contributed by atoms with E-state index >= 15 is 0 Å². The number of rotatable bonds is 7. The molecule has 2 aromatic carbocycles. The molecule has 0 heterocycles. The van der Waals surface area contributed by atoms with Crippen LogP contribution in [0.2, 0.25) is 0 Å². The quantitative estimate of drug-likeness (QED) is 0.759. The molecular weight excluding hydrogens is 319 g/mol. The van der Waals surface area contributed by atoms with Gasteiger partial charge < -0.3 is 10.4 Å². The molecule has 0 aliphatic heterocycles. The van der Waals surface area contributed by atoms with Crippen LogP contribution in [0.4, 0.5) is 13.2 Å². The van der Waals surface area contributed by atoms with Crippen LogP contribution in [0.1, 0.15) is 23.1 Å². The number of carboxylic acid groups (broad SMARTS) is 1. The zero-order valence-corrected chi connectivity index (χ0v) is 13.2. The summed E-state index contributed by atoms with van der Waals surface area (Å²) in [6, 6.07) is 8.23. The lowest BCUT2D eigenvalue weighted by atomic mass is 10.0. The predicted octanol–water partition coefficient (Wildman–Crippen LogP) is 3.59. The molecule has 6 heteroatoms. The second kappa shape index (κ2) is 7.97. The van der Waals surface area contributed by atoms with Gasteiger partial charge in [0.15, 0.2) is 11.6 Å². The van der Waals surface area contributed by atoms with Gasteiger partial charge in [-0.25, -0.2) is 13.2 Å². The van der Waals surface area contributed by atoms with Gasteiger partial charge in [-0.1, -0.05) is 24.3 Å². The van der Waals surface area contributed by atoms with Crippen molar-refractivity contribution in [2.24, 2.45) is 0 Å². The van der Waals surface area contributed by atoms with Crippen molar-refractivity contribution in [3.05, 3.63) is 70.5 Å². The standard InChI is InChI=1S/C18H18F3NO2/c1-11-4-2-3-5-12(11)10-22-14(8-18(23)24)6-13-7-16(20)17(21)9-15(13)19/h2-5,7,9,14,22H,6,8,10H2,1H3,(H,23,24)/t14-/m1/s1. The molecule has 128 valence electrons. The maximum atomic E-state index is 13.8. The summed E-state index contributed by atoms with van der Waals surface area (Å²) in [5.74, 6) is -4.36. The van der Waals surface area contributed by atoms with Gasteiger partial charge >= 0.3 is 5.97 Å². The average Bonchev–Trinajstić information content (AvgIpc) is 2.51. The zero-order chi connectivity index (χ0) is 17.7. The van der Waals surface area contributed by atoms with E-state index in [2.05, 4.69) is 5.32 Å². The molecule has 0 aliphatic rings. The Kier molecular flexibility index (Phi) is 5.98. The average molecular weight is 337 g/mol. The summed E-state index contributed by atoms with van der Waals surface area (Å²) in [5, 5.41) is 12.1. The number of aryl methyl sites for hydroxylation is 1. The molecule has 0 aromatic heterocycles. The minimum Gasteiger partial charge on any atom is -0.481 e. The normalized spacial score (nSPS) is 12.2. The molecule has 0 bridgehead atoms. The van der Waals surface area contributed by atoms with Crippen molar-refractivity contribution >= 4 is 5.97 Å². The lowest BCUT2D eigenvalue weighted by molar-refractivity contribution is -0.137. The van der Waals surface area contributed by atoms with Crippen LogP contribution >= 0.6 is 0 Å². The summed E-state index contributed by atoms with van der Waals surface area (Å²) < 4.78 is 40.1. The molecule has 1 atom stereocenters. The van der Waals surface area contributed by atoms with Gasteiger partial charge in [0, 0.05) is 18.7 Å². The summed E-state index contributed by atoms with van der Waals surface area (Å²) in [7, 11) is 0. The van der Waals surface area contributed by atoms with E-state index < -0.39 is 29.5 Å². The van der Waals surface area contributed by atoms with E-state index in [1.165, 1.54) is 0 Å². The third kappa shape index (κ3) is 4.83. The molecule has 0 radical (unpaired) electrons. The summed E-state index contributed by atoms with van der Waals surface area (Å²) >= 11 is 0. The maximum absolute atomic E-state index is 13.8. The largest absolute Gasteiger partial charge is 0.481 e. The highest BCUT2D eigenvalue weighted by molar-refractivity contribution is 5.67. The van der Waals surface area contributed by atoms with Crippen LogP contribution in [0.5, 0.6) is 0 Å². The first-order valence-corrected chi connectivity index (χ1v) is 7.50. The number of benzene rings is 2. The molecule has 0 aliphatic carbocycles. The minimum absolute atomic E-state index is 0.0544. The second-order valence-corrected chi connectivity index (χ2v) is 5.66. The molecule has 0 fully saturated rings. The van der Waals surface area contributed by atoms with Crippen molar-refractivity contribution in [2.75, 3.05) is 0 Å². The summed E-state index contributed by atoms with van der Waals surface area (Å²) in [5.41, 5.74) is 1.97. The molecule has 0 saturated heterocycles. The fraction of sp³-hybridized carbons (Fsp3) is 0.278. The van der Waals surface area contributed by atoms with E-state index in [-0.39, 0.29) is 18.4 Å². The first-order valence-electron chi connectivity index (χ1n) is 7.50. The van der Waals surface area contributed by atoms with Crippen molar-refractivity contribution in [2.45, 2.75) is 32.4 Å². The van der Waals surface area contributed by atoms with Crippen LogP contribution in [0.3, 0.4) is 0 Å². The fourth-order valence-electron chi connectivity index (χ4n) is 2.48. The Bertz CT molecular complexity index is 734. The molecule has 2 rings (SSSR count). The third-order valence-corrected chi connectivity index (χ3v) is 3.82. The molecule has 0 spiro atoms. The van der Waals surface area contributed by atoms with Crippen LogP contribution < -0.4 is 5.32 Å². The SMILES string of the molecule is Cc1ccccc1CN[C@@H](CC(=O)O)Cc1cc(F)c(F)cc1F. The number of halogens is 3. The van der Waals surface area contributed by atoms with Crippen LogP contribution in [-0.4, -0.2) is 17.1 Å². The highest BCUT2D eigenvalue weighted by atomic mass is 19.2. The Hall–Kier alpha value is -2.34. The number of carboxylic acids is 1. The van der Waals surface area contributed by atoms with E-state index in [1.807, 2.05) is 31.2 Å². The lowest BCUT2D eigenvalue weighted by Crippen LogP contribution is -2.33. The van der Waals surface area contributed by atoms with Crippen molar-refractivity contribution < 1.29 is 23.1 Å². The van der Waals surface area contributed by atoms with Gasteiger partial charge in [-0.15, -0.1) is 0 Å². The monoisotopic (exact) mass is 337 g/mol. The van der Waals surface area contributed by atoms with Gasteiger partial charge in [-0.05, 0) is 36.1 Å². The smallest absolute Gasteiger partial charge is 0.304 e. The zero-order valence-electron chi connectivity index (χ0n) is 13.2. The van der Waals surface area contributed by atoms with E-state index in [4.69, 9.17) is 5.11 Å². The fourth-order valence-corrected chi connectivity index (χ4v) is 2.48. The highest BCUT2D eigenvalue weighted by Gasteiger charge is 2.18. The number of nitrogens with one attached hydrogen (secondary N) is 1. The highest BCUT2D eigenvalue weighted by Crippen LogP contribution is 2.17. The molecule has 0 unspecified atom stereocenters. The van der Waals surface area contributed by atoms with Gasteiger partial charge in [0.25, 0.3) is 0 Å². The first-order chi connectivity index (χ1) is 11.4. The predicted molar refractivity (Wildman–Crippen MR) is 84.1 cm³/mol. The second-order valence-electron chi connectivity index (χ2n) is 5.66. The van der Waals surface area contributed by atoms with Crippen molar-refractivity contribution in [3.8, 4) is 0 Å². The molecule has 2 N–H and O–H groups in total. The molecular formula is C18H18F3NO2. The first kappa shape index (κ1) is 18.0. The van der Waals surface area contributed by atoms with Crippen molar-refractivity contribution in [3.63, 3.8) is 0 Å². The van der Waals surface area contributed by atoms with Crippen molar-refractivity contribution in [1.82, 2.24) is 5.32 Å². The number of carbonyl (C=O) groups is 1. The summed E-state index contributed by atoms with van der Waals surface area (Å²) in [6.07, 6.45) is -0.314. The topological polar surface area (TPSA) is 49.3 Å². The van der Waals surface area contributed by atoms with Gasteiger partial charge in [-0.3, -0.25) is 4.79 Å². The minimum atomic E-state index is -1.26. The molecule has 0 amide bonds. The van der Waals surface area contributed by atoms with Crippen LogP contribution in [0.25, 0.3) is 0 Å². The number of aliphatic carboxylic acids is 1. The van der Waals surface area contributed by atoms with Crippen LogP contribution in [-0.2, 0) is 17.8 Å². The Morgan fingerprint density at radius 1 is 1.08 bits per heavy atom. The Morgan fingerprint density at radius 2 is 1.75 bits per heavy atom. The Balaban J connectivity index is 2.12. The molecule has 24 heavy (non-hydrogen) atoms. The summed E-state index contributed by atoms with van der Waals surface area (Å²) in [6.45, 7) is 2.33. The number of hydrogen-bond donors (Lipinski definition) is 2. The summed E-state index contributed by atoms with van der Waals surface area (Å²) in [4.78, 5) is 11.0. The maximum Gasteiger partial charge on any atom is 0.304 e. The Morgan fingerprint density at radius 3 is 2.42 bits per heavy atom. The number of hydrogen-bond acceptors (Lipinski definition) is 2. The van der Waals surface area contributed by atoms with E-state index in [0.29, 0.717) is 12.6 Å². The van der Waals surface area contributed by atoms with E-state index in [0.717, 1.165) is 17.2 Å².